The first-order valence-electron chi connectivity index (χ1n) is 4.34. The molecule has 1 aromatic rings. The Hall–Kier alpha value is -2.04. The minimum absolute atomic E-state index is 0.300. The van der Waals surface area contributed by atoms with Crippen LogP contribution >= 0.6 is 0 Å². The number of rotatable bonds is 3. The molecule has 0 aliphatic rings. The van der Waals surface area contributed by atoms with Crippen molar-refractivity contribution < 1.29 is 14.3 Å². The van der Waals surface area contributed by atoms with E-state index in [9.17, 15) is 9.59 Å². The number of nitrogens with one attached hydrogen (secondary N) is 1. The van der Waals surface area contributed by atoms with Crippen LogP contribution in [0, 0.1) is 0 Å². The molecule has 80 valence electrons. The smallest absolute Gasteiger partial charge is 0.315 e. The van der Waals surface area contributed by atoms with E-state index in [0.717, 1.165) is 0 Å². The lowest BCUT2D eigenvalue weighted by Crippen LogP contribution is -2.17. The van der Waals surface area contributed by atoms with Gasteiger partial charge in [-0.25, -0.2) is 0 Å². The summed E-state index contributed by atoms with van der Waals surface area (Å²) in [6.45, 7) is 0. The fourth-order valence-corrected chi connectivity index (χ4v) is 1.02. The largest absolute Gasteiger partial charge is 0.469 e. The van der Waals surface area contributed by atoms with Gasteiger partial charge in [-0.3, -0.25) is 9.59 Å². The molecular weight excluding hydrogens is 196 g/mol. The summed E-state index contributed by atoms with van der Waals surface area (Å²) >= 11 is 0. The van der Waals surface area contributed by atoms with Crippen molar-refractivity contribution in [1.29, 1.82) is 0 Å². The van der Waals surface area contributed by atoms with Gasteiger partial charge in [0.1, 0.15) is 6.42 Å². The number of nitrogen functional groups attached to an aromatic ring is 1. The molecule has 0 radical (unpaired) electrons. The Balaban J connectivity index is 2.55. The molecule has 0 unspecified atom stereocenters. The maximum atomic E-state index is 11.2. The van der Waals surface area contributed by atoms with Crippen molar-refractivity contribution in [2.45, 2.75) is 6.42 Å². The Labute approximate surface area is 87.2 Å². The lowest BCUT2D eigenvalue weighted by Gasteiger charge is -2.04. The van der Waals surface area contributed by atoms with Crippen LogP contribution in [0.2, 0.25) is 0 Å². The average Bonchev–Trinajstić information content (AvgIpc) is 2.17. The topological polar surface area (TPSA) is 81.4 Å². The second kappa shape index (κ2) is 4.99. The summed E-state index contributed by atoms with van der Waals surface area (Å²) in [7, 11) is 1.23. The number of anilines is 2. The van der Waals surface area contributed by atoms with Gasteiger partial charge in [0, 0.05) is 11.4 Å². The zero-order valence-corrected chi connectivity index (χ0v) is 8.32. The molecule has 1 aromatic carbocycles. The molecule has 0 atom stereocenters. The number of esters is 1. The van der Waals surface area contributed by atoms with Crippen LogP contribution in [-0.2, 0) is 14.3 Å². The molecule has 5 heteroatoms. The Morgan fingerprint density at radius 1 is 1.47 bits per heavy atom. The second-order valence-electron chi connectivity index (χ2n) is 2.93. The van der Waals surface area contributed by atoms with Gasteiger partial charge in [0.2, 0.25) is 5.91 Å². The minimum atomic E-state index is -0.573. The fraction of sp³-hybridized carbons (Fsp3) is 0.200. The van der Waals surface area contributed by atoms with E-state index in [2.05, 4.69) is 10.1 Å². The van der Waals surface area contributed by atoms with E-state index in [1.807, 2.05) is 0 Å². The summed E-state index contributed by atoms with van der Waals surface area (Å²) in [5.74, 6) is -0.996. The molecule has 0 aliphatic heterocycles. The van der Waals surface area contributed by atoms with Crippen molar-refractivity contribution in [3.8, 4) is 0 Å². The van der Waals surface area contributed by atoms with Crippen molar-refractivity contribution in [2.24, 2.45) is 0 Å². The predicted molar refractivity (Wildman–Crippen MR) is 56.1 cm³/mol. The first kappa shape index (κ1) is 11.0. The van der Waals surface area contributed by atoms with Crippen molar-refractivity contribution in [3.63, 3.8) is 0 Å². The van der Waals surface area contributed by atoms with Crippen molar-refractivity contribution in [3.05, 3.63) is 24.3 Å². The van der Waals surface area contributed by atoms with Crippen LogP contribution in [0.25, 0.3) is 0 Å². The van der Waals surface area contributed by atoms with E-state index in [1.165, 1.54) is 7.11 Å². The molecule has 3 N–H and O–H groups in total. The highest BCUT2D eigenvalue weighted by Gasteiger charge is 2.09. The van der Waals surface area contributed by atoms with Gasteiger partial charge in [0.05, 0.1) is 7.11 Å². The molecule has 0 saturated carbocycles. The number of hydrogen-bond acceptors (Lipinski definition) is 4. The SMILES string of the molecule is COC(=O)CC(=O)Nc1cccc(N)c1. The van der Waals surface area contributed by atoms with Crippen molar-refractivity contribution >= 4 is 23.3 Å². The van der Waals surface area contributed by atoms with Gasteiger partial charge in [-0.05, 0) is 18.2 Å². The van der Waals surface area contributed by atoms with Crippen LogP contribution in [0.5, 0.6) is 0 Å². The number of carbonyl (C=O) groups is 2. The molecule has 0 saturated heterocycles. The molecule has 15 heavy (non-hydrogen) atoms. The molecule has 0 fully saturated rings. The molecule has 0 bridgehead atoms. The van der Waals surface area contributed by atoms with Gasteiger partial charge in [-0.1, -0.05) is 6.07 Å². The van der Waals surface area contributed by atoms with Gasteiger partial charge in [-0.2, -0.15) is 0 Å². The van der Waals surface area contributed by atoms with Gasteiger partial charge in [0.25, 0.3) is 0 Å². The quantitative estimate of drug-likeness (QED) is 0.436. The molecule has 1 rings (SSSR count). The minimum Gasteiger partial charge on any atom is -0.469 e. The normalized spacial score (nSPS) is 9.40. The predicted octanol–water partition coefficient (Wildman–Crippen LogP) is 0.770. The van der Waals surface area contributed by atoms with Crippen LogP contribution in [0.4, 0.5) is 11.4 Å². The average molecular weight is 208 g/mol. The highest BCUT2D eigenvalue weighted by Crippen LogP contribution is 2.11. The third kappa shape index (κ3) is 3.68. The Morgan fingerprint density at radius 2 is 2.20 bits per heavy atom. The highest BCUT2D eigenvalue weighted by atomic mass is 16.5. The molecular formula is C10H12N2O3. The monoisotopic (exact) mass is 208 g/mol. The first-order valence-corrected chi connectivity index (χ1v) is 4.34. The lowest BCUT2D eigenvalue weighted by atomic mass is 10.2. The highest BCUT2D eigenvalue weighted by molar-refractivity contribution is 6.01. The third-order valence-electron chi connectivity index (χ3n) is 1.70. The van der Waals surface area contributed by atoms with Crippen LogP contribution in [0.15, 0.2) is 24.3 Å². The van der Waals surface area contributed by atoms with E-state index in [4.69, 9.17) is 5.73 Å². The molecule has 1 amide bonds. The van der Waals surface area contributed by atoms with Gasteiger partial charge >= 0.3 is 5.97 Å². The maximum absolute atomic E-state index is 11.2. The summed E-state index contributed by atoms with van der Waals surface area (Å²) in [6, 6.07) is 6.71. The van der Waals surface area contributed by atoms with E-state index in [0.29, 0.717) is 11.4 Å². The fourth-order valence-electron chi connectivity index (χ4n) is 1.02. The first-order chi connectivity index (χ1) is 7.11. The Kier molecular flexibility index (Phi) is 3.68. The molecule has 0 aromatic heterocycles. The number of carbonyl (C=O) groups excluding carboxylic acids is 2. The molecule has 0 heterocycles. The van der Waals surface area contributed by atoms with Crippen molar-refractivity contribution in [2.75, 3.05) is 18.2 Å². The van der Waals surface area contributed by atoms with Gasteiger partial charge in [0.15, 0.2) is 0 Å². The summed E-state index contributed by atoms with van der Waals surface area (Å²) in [5, 5.41) is 2.53. The number of ether oxygens (including phenoxy) is 1. The maximum Gasteiger partial charge on any atom is 0.315 e. The summed E-state index contributed by atoms with van der Waals surface area (Å²) in [6.07, 6.45) is -0.300. The number of methoxy groups -OCH3 is 1. The van der Waals surface area contributed by atoms with Crippen LogP contribution in [0.3, 0.4) is 0 Å². The van der Waals surface area contributed by atoms with E-state index in [-0.39, 0.29) is 6.42 Å². The lowest BCUT2D eigenvalue weighted by molar-refractivity contribution is -0.142. The summed E-state index contributed by atoms with van der Waals surface area (Å²) in [4.78, 5) is 22.0. The van der Waals surface area contributed by atoms with Crippen molar-refractivity contribution in [1.82, 2.24) is 0 Å². The van der Waals surface area contributed by atoms with Crippen LogP contribution < -0.4 is 11.1 Å². The number of benzene rings is 1. The standard InChI is InChI=1S/C10H12N2O3/c1-15-10(14)6-9(13)12-8-4-2-3-7(11)5-8/h2-5H,6,11H2,1H3,(H,12,13). The van der Waals surface area contributed by atoms with E-state index in [1.54, 1.807) is 24.3 Å². The molecule has 0 spiro atoms. The number of amides is 1. The van der Waals surface area contributed by atoms with Crippen LogP contribution in [0.1, 0.15) is 6.42 Å². The Bertz CT molecular complexity index is 377. The number of hydrogen-bond donors (Lipinski definition) is 2. The summed E-state index contributed by atoms with van der Waals surface area (Å²) in [5.41, 5.74) is 6.63. The van der Waals surface area contributed by atoms with E-state index >= 15 is 0 Å². The Morgan fingerprint density at radius 3 is 2.80 bits per heavy atom. The molecule has 5 nitrogen and oxygen atoms in total. The second-order valence-corrected chi connectivity index (χ2v) is 2.93. The zero-order valence-electron chi connectivity index (χ0n) is 8.32. The van der Waals surface area contributed by atoms with Crippen LogP contribution in [-0.4, -0.2) is 19.0 Å². The number of nitrogens with two attached hydrogens (primary N) is 1. The molecule has 0 aliphatic carbocycles. The van der Waals surface area contributed by atoms with Gasteiger partial charge < -0.3 is 15.8 Å². The summed E-state index contributed by atoms with van der Waals surface area (Å²) < 4.78 is 4.36. The van der Waals surface area contributed by atoms with Gasteiger partial charge in [-0.15, -0.1) is 0 Å². The van der Waals surface area contributed by atoms with E-state index < -0.39 is 11.9 Å². The third-order valence-corrected chi connectivity index (χ3v) is 1.70. The zero-order chi connectivity index (χ0) is 11.3.